The summed E-state index contributed by atoms with van der Waals surface area (Å²) in [4.78, 5) is 20.7. The highest BCUT2D eigenvalue weighted by atomic mass is 32.1. The molecule has 0 unspecified atom stereocenters. The number of nitrogens with zero attached hydrogens (tertiary/aromatic N) is 3. The van der Waals surface area contributed by atoms with E-state index in [2.05, 4.69) is 33.8 Å². The molecular formula is C19H23N3OS. The zero-order valence-corrected chi connectivity index (χ0v) is 15.4. The van der Waals surface area contributed by atoms with E-state index in [4.69, 9.17) is 4.98 Å². The maximum Gasteiger partial charge on any atom is 0.243 e. The molecule has 2 heterocycles. The van der Waals surface area contributed by atoms with Gasteiger partial charge in [-0.3, -0.25) is 4.79 Å². The van der Waals surface area contributed by atoms with Crippen LogP contribution in [0.2, 0.25) is 0 Å². The van der Waals surface area contributed by atoms with E-state index in [1.807, 2.05) is 45.2 Å². The number of para-hydroxylation sites is 2. The van der Waals surface area contributed by atoms with Crippen LogP contribution in [0.5, 0.6) is 0 Å². The summed E-state index contributed by atoms with van der Waals surface area (Å²) in [5, 5.41) is 2.04. The molecule has 126 valence electrons. The summed E-state index contributed by atoms with van der Waals surface area (Å²) in [5.74, 6) is 0.993. The van der Waals surface area contributed by atoms with Crippen molar-refractivity contribution in [2.24, 2.45) is 0 Å². The van der Waals surface area contributed by atoms with E-state index in [0.717, 1.165) is 21.7 Å². The van der Waals surface area contributed by atoms with E-state index in [1.165, 1.54) is 0 Å². The van der Waals surface area contributed by atoms with Crippen LogP contribution in [0.3, 0.4) is 0 Å². The molecule has 0 aliphatic carbocycles. The summed E-state index contributed by atoms with van der Waals surface area (Å²) in [5.41, 5.74) is 1.93. The number of hydrogen-bond donors (Lipinski definition) is 0. The van der Waals surface area contributed by atoms with Crippen molar-refractivity contribution in [2.75, 3.05) is 0 Å². The number of benzene rings is 1. The number of rotatable bonds is 5. The molecule has 5 heteroatoms. The van der Waals surface area contributed by atoms with E-state index in [-0.39, 0.29) is 18.0 Å². The molecule has 0 radical (unpaired) electrons. The summed E-state index contributed by atoms with van der Waals surface area (Å²) in [6.07, 6.45) is 0. The Morgan fingerprint density at radius 1 is 1.12 bits per heavy atom. The van der Waals surface area contributed by atoms with Gasteiger partial charge in [-0.2, -0.15) is 0 Å². The Bertz CT molecular complexity index is 826. The summed E-state index contributed by atoms with van der Waals surface area (Å²) < 4.78 is 2.04. The van der Waals surface area contributed by atoms with Crippen molar-refractivity contribution >= 4 is 28.3 Å². The predicted molar refractivity (Wildman–Crippen MR) is 100 cm³/mol. The molecule has 0 atom stereocenters. The monoisotopic (exact) mass is 341 g/mol. The van der Waals surface area contributed by atoms with Crippen LogP contribution in [-0.4, -0.2) is 32.4 Å². The minimum Gasteiger partial charge on any atom is -0.336 e. The van der Waals surface area contributed by atoms with Gasteiger partial charge in [-0.1, -0.05) is 18.2 Å². The fourth-order valence-corrected chi connectivity index (χ4v) is 3.94. The van der Waals surface area contributed by atoms with Gasteiger partial charge >= 0.3 is 0 Å². The Morgan fingerprint density at radius 3 is 2.46 bits per heavy atom. The summed E-state index contributed by atoms with van der Waals surface area (Å²) in [6, 6.07) is 12.4. The van der Waals surface area contributed by atoms with E-state index < -0.39 is 0 Å². The maximum absolute atomic E-state index is 12.9. The predicted octanol–water partition coefficient (Wildman–Crippen LogP) is 4.41. The molecule has 1 amide bonds. The minimum absolute atomic E-state index is 0.126. The number of fused-ring (bicyclic) bond motifs is 1. The smallest absolute Gasteiger partial charge is 0.243 e. The lowest BCUT2D eigenvalue weighted by Crippen LogP contribution is -2.43. The van der Waals surface area contributed by atoms with Crippen LogP contribution in [0.15, 0.2) is 41.8 Å². The topological polar surface area (TPSA) is 38.1 Å². The van der Waals surface area contributed by atoms with Crippen molar-refractivity contribution in [3.05, 3.63) is 41.8 Å². The lowest BCUT2D eigenvalue weighted by atomic mass is 10.2. The first kappa shape index (κ1) is 16.7. The third kappa shape index (κ3) is 3.08. The van der Waals surface area contributed by atoms with E-state index in [1.54, 1.807) is 11.3 Å². The SMILES string of the molecule is CC(C)N(C(=O)Cn1c(-c2cccs2)nc2ccccc21)C(C)C. The highest BCUT2D eigenvalue weighted by Crippen LogP contribution is 2.28. The van der Waals surface area contributed by atoms with Crippen molar-refractivity contribution in [1.29, 1.82) is 0 Å². The van der Waals surface area contributed by atoms with Crippen LogP contribution >= 0.6 is 11.3 Å². The minimum atomic E-state index is 0.126. The Balaban J connectivity index is 2.05. The van der Waals surface area contributed by atoms with E-state index >= 15 is 0 Å². The molecule has 0 aliphatic rings. The third-order valence-corrected chi connectivity index (χ3v) is 4.96. The molecule has 0 aliphatic heterocycles. The van der Waals surface area contributed by atoms with Gasteiger partial charge in [0.2, 0.25) is 5.91 Å². The van der Waals surface area contributed by atoms with Gasteiger partial charge in [-0.25, -0.2) is 4.98 Å². The van der Waals surface area contributed by atoms with Crippen LogP contribution in [-0.2, 0) is 11.3 Å². The second-order valence-electron chi connectivity index (χ2n) is 6.48. The quantitative estimate of drug-likeness (QED) is 0.689. The first-order valence-corrected chi connectivity index (χ1v) is 9.17. The molecular weight excluding hydrogens is 318 g/mol. The molecule has 1 aromatic carbocycles. The van der Waals surface area contributed by atoms with Gasteiger partial charge in [0.15, 0.2) is 5.82 Å². The number of aromatic nitrogens is 2. The summed E-state index contributed by atoms with van der Waals surface area (Å²) in [6.45, 7) is 8.55. The van der Waals surface area contributed by atoms with Crippen LogP contribution in [0.1, 0.15) is 27.7 Å². The van der Waals surface area contributed by atoms with Crippen LogP contribution in [0, 0.1) is 0 Å². The second kappa shape index (κ2) is 6.77. The third-order valence-electron chi connectivity index (χ3n) is 4.09. The molecule has 0 saturated carbocycles. The zero-order valence-electron chi connectivity index (χ0n) is 14.6. The highest BCUT2D eigenvalue weighted by Gasteiger charge is 2.23. The summed E-state index contributed by atoms with van der Waals surface area (Å²) in [7, 11) is 0. The molecule has 0 saturated heterocycles. The first-order valence-electron chi connectivity index (χ1n) is 8.29. The van der Waals surface area contributed by atoms with Crippen molar-refractivity contribution in [3.63, 3.8) is 0 Å². The standard InChI is InChI=1S/C19H23N3OS/c1-13(2)22(14(3)4)18(23)12-21-16-9-6-5-8-15(16)20-19(21)17-10-7-11-24-17/h5-11,13-14H,12H2,1-4H3. The Hall–Kier alpha value is -2.14. The molecule has 3 rings (SSSR count). The fraction of sp³-hybridized carbons (Fsp3) is 0.368. The Kier molecular flexibility index (Phi) is 4.71. The maximum atomic E-state index is 12.9. The molecule has 0 spiro atoms. The lowest BCUT2D eigenvalue weighted by molar-refractivity contribution is -0.135. The number of imidazole rings is 1. The first-order chi connectivity index (χ1) is 11.5. The fourth-order valence-electron chi connectivity index (χ4n) is 3.22. The Morgan fingerprint density at radius 2 is 1.83 bits per heavy atom. The highest BCUT2D eigenvalue weighted by molar-refractivity contribution is 7.13. The number of carbonyl (C=O) groups excluding carboxylic acids is 1. The number of hydrogen-bond acceptors (Lipinski definition) is 3. The number of carbonyl (C=O) groups is 1. The Labute approximate surface area is 146 Å². The van der Waals surface area contributed by atoms with Gasteiger partial charge in [0.1, 0.15) is 6.54 Å². The molecule has 2 aromatic heterocycles. The van der Waals surface area contributed by atoms with Crippen molar-refractivity contribution < 1.29 is 4.79 Å². The lowest BCUT2D eigenvalue weighted by Gasteiger charge is -2.31. The summed E-state index contributed by atoms with van der Waals surface area (Å²) >= 11 is 1.65. The van der Waals surface area contributed by atoms with Crippen molar-refractivity contribution in [2.45, 2.75) is 46.3 Å². The van der Waals surface area contributed by atoms with Gasteiger partial charge < -0.3 is 9.47 Å². The van der Waals surface area contributed by atoms with Gasteiger partial charge in [-0.05, 0) is 51.3 Å². The molecule has 4 nitrogen and oxygen atoms in total. The number of thiophene rings is 1. The van der Waals surface area contributed by atoms with Crippen LogP contribution in [0.4, 0.5) is 0 Å². The van der Waals surface area contributed by atoms with Crippen LogP contribution in [0.25, 0.3) is 21.7 Å². The average Bonchev–Trinajstić information content (AvgIpc) is 3.14. The van der Waals surface area contributed by atoms with Gasteiger partial charge in [0.05, 0.1) is 15.9 Å². The van der Waals surface area contributed by atoms with Gasteiger partial charge in [0.25, 0.3) is 0 Å². The molecule has 0 bridgehead atoms. The molecule has 0 fully saturated rings. The molecule has 0 N–H and O–H groups in total. The van der Waals surface area contributed by atoms with Crippen LogP contribution < -0.4 is 0 Å². The van der Waals surface area contributed by atoms with Gasteiger partial charge in [-0.15, -0.1) is 11.3 Å². The zero-order chi connectivity index (χ0) is 17.3. The van der Waals surface area contributed by atoms with E-state index in [9.17, 15) is 4.79 Å². The van der Waals surface area contributed by atoms with Crippen molar-refractivity contribution in [1.82, 2.24) is 14.5 Å². The number of amides is 1. The van der Waals surface area contributed by atoms with Crippen molar-refractivity contribution in [3.8, 4) is 10.7 Å². The molecule has 3 aromatic rings. The largest absolute Gasteiger partial charge is 0.336 e. The second-order valence-corrected chi connectivity index (χ2v) is 7.42. The normalized spacial score (nSPS) is 11.6. The van der Waals surface area contributed by atoms with E-state index in [0.29, 0.717) is 6.54 Å². The van der Waals surface area contributed by atoms with Gasteiger partial charge in [0, 0.05) is 12.1 Å². The average molecular weight is 341 g/mol. The molecule has 24 heavy (non-hydrogen) atoms.